The summed E-state index contributed by atoms with van der Waals surface area (Å²) in [6, 6.07) is -0.170. The molecule has 0 spiro atoms. The van der Waals surface area contributed by atoms with Gasteiger partial charge < -0.3 is 10.6 Å². The fraction of sp³-hybridized carbons (Fsp3) is 0.778. The van der Waals surface area contributed by atoms with E-state index in [0.717, 1.165) is 25.2 Å². The lowest BCUT2D eigenvalue weighted by atomic mass is 10.3. The van der Waals surface area contributed by atoms with Crippen LogP contribution in [0.5, 0.6) is 0 Å². The van der Waals surface area contributed by atoms with Gasteiger partial charge >= 0.3 is 0 Å². The molecule has 0 aromatic heterocycles. The Hall–Kier alpha value is -1.06. The SMILES string of the molecule is CCNC(=O)C(C)NC1=NCCC1. The van der Waals surface area contributed by atoms with Crippen LogP contribution in [0.15, 0.2) is 4.99 Å². The molecule has 1 amide bonds. The molecule has 4 nitrogen and oxygen atoms in total. The second-order valence-electron chi connectivity index (χ2n) is 3.19. The quantitative estimate of drug-likeness (QED) is 0.661. The summed E-state index contributed by atoms with van der Waals surface area (Å²) in [7, 11) is 0. The molecule has 0 aromatic carbocycles. The Labute approximate surface area is 78.8 Å². The van der Waals surface area contributed by atoms with Crippen molar-refractivity contribution in [2.75, 3.05) is 13.1 Å². The van der Waals surface area contributed by atoms with Crippen LogP contribution in [-0.4, -0.2) is 30.9 Å². The van der Waals surface area contributed by atoms with Crippen LogP contribution in [0.1, 0.15) is 26.7 Å². The first-order chi connectivity index (χ1) is 6.24. The molecule has 0 aliphatic carbocycles. The molecule has 4 heteroatoms. The number of hydrogen-bond donors (Lipinski definition) is 2. The van der Waals surface area contributed by atoms with Crippen LogP contribution in [0.4, 0.5) is 0 Å². The second-order valence-corrected chi connectivity index (χ2v) is 3.19. The molecule has 0 saturated heterocycles. The predicted octanol–water partition coefficient (Wildman–Crippen LogP) is 0.293. The lowest BCUT2D eigenvalue weighted by Gasteiger charge is -2.13. The molecule has 1 aliphatic heterocycles. The molecule has 0 bridgehead atoms. The molecule has 2 N–H and O–H groups in total. The third-order valence-electron chi connectivity index (χ3n) is 2.00. The van der Waals surface area contributed by atoms with E-state index in [9.17, 15) is 4.79 Å². The third kappa shape index (κ3) is 3.05. The molecule has 1 heterocycles. The topological polar surface area (TPSA) is 53.5 Å². The minimum Gasteiger partial charge on any atom is -0.362 e. The Kier molecular flexibility index (Phi) is 3.73. The van der Waals surface area contributed by atoms with Gasteiger partial charge in [-0.25, -0.2) is 0 Å². The first kappa shape index (κ1) is 10.0. The largest absolute Gasteiger partial charge is 0.362 e. The molecular formula is C9H17N3O. The summed E-state index contributed by atoms with van der Waals surface area (Å²) < 4.78 is 0. The van der Waals surface area contributed by atoms with Crippen molar-refractivity contribution in [1.29, 1.82) is 0 Å². The molecule has 0 radical (unpaired) electrons. The monoisotopic (exact) mass is 183 g/mol. The van der Waals surface area contributed by atoms with Crippen LogP contribution in [0.3, 0.4) is 0 Å². The average molecular weight is 183 g/mol. The van der Waals surface area contributed by atoms with Crippen LogP contribution in [0.2, 0.25) is 0 Å². The van der Waals surface area contributed by atoms with Gasteiger partial charge in [0.15, 0.2) is 0 Å². The van der Waals surface area contributed by atoms with Gasteiger partial charge in [-0.15, -0.1) is 0 Å². The van der Waals surface area contributed by atoms with E-state index in [4.69, 9.17) is 0 Å². The van der Waals surface area contributed by atoms with Crippen LogP contribution in [-0.2, 0) is 4.79 Å². The molecule has 0 saturated carbocycles. The number of amides is 1. The van der Waals surface area contributed by atoms with Crippen LogP contribution >= 0.6 is 0 Å². The summed E-state index contributed by atoms with van der Waals surface area (Å²) in [5.74, 6) is 1.01. The van der Waals surface area contributed by atoms with Gasteiger partial charge in [0.25, 0.3) is 0 Å². The van der Waals surface area contributed by atoms with Gasteiger partial charge in [0.1, 0.15) is 6.04 Å². The van der Waals surface area contributed by atoms with Gasteiger partial charge in [-0.05, 0) is 20.3 Å². The number of carbonyl (C=O) groups excluding carboxylic acids is 1. The van der Waals surface area contributed by atoms with E-state index < -0.39 is 0 Å². The Bertz CT molecular complexity index is 213. The van der Waals surface area contributed by atoms with E-state index in [1.165, 1.54) is 0 Å². The fourth-order valence-corrected chi connectivity index (χ4v) is 1.30. The van der Waals surface area contributed by atoms with Crippen LogP contribution < -0.4 is 10.6 Å². The van der Waals surface area contributed by atoms with Crippen molar-refractivity contribution >= 4 is 11.7 Å². The van der Waals surface area contributed by atoms with Crippen molar-refractivity contribution in [1.82, 2.24) is 10.6 Å². The van der Waals surface area contributed by atoms with Gasteiger partial charge in [0, 0.05) is 19.5 Å². The number of nitrogens with zero attached hydrogens (tertiary/aromatic N) is 1. The van der Waals surface area contributed by atoms with Crippen molar-refractivity contribution in [3.63, 3.8) is 0 Å². The molecule has 1 atom stereocenters. The summed E-state index contributed by atoms with van der Waals surface area (Å²) in [4.78, 5) is 15.5. The van der Waals surface area contributed by atoms with E-state index in [2.05, 4.69) is 15.6 Å². The number of likely N-dealkylation sites (N-methyl/N-ethyl adjacent to an activating group) is 1. The van der Waals surface area contributed by atoms with E-state index in [1.54, 1.807) is 0 Å². The predicted molar refractivity (Wildman–Crippen MR) is 52.8 cm³/mol. The first-order valence-corrected chi connectivity index (χ1v) is 4.81. The summed E-state index contributed by atoms with van der Waals surface area (Å²) in [5.41, 5.74) is 0. The Morgan fingerprint density at radius 1 is 1.69 bits per heavy atom. The maximum absolute atomic E-state index is 11.3. The van der Waals surface area contributed by atoms with Gasteiger partial charge in [0.2, 0.25) is 5.91 Å². The lowest BCUT2D eigenvalue weighted by molar-refractivity contribution is -0.122. The summed E-state index contributed by atoms with van der Waals surface area (Å²) in [5, 5.41) is 5.86. The highest BCUT2D eigenvalue weighted by atomic mass is 16.2. The minimum absolute atomic E-state index is 0.0390. The summed E-state index contributed by atoms with van der Waals surface area (Å²) in [6.07, 6.45) is 2.08. The zero-order chi connectivity index (χ0) is 9.68. The van der Waals surface area contributed by atoms with E-state index >= 15 is 0 Å². The van der Waals surface area contributed by atoms with E-state index in [1.807, 2.05) is 13.8 Å². The number of nitrogens with one attached hydrogen (secondary N) is 2. The highest BCUT2D eigenvalue weighted by Gasteiger charge is 2.14. The molecule has 13 heavy (non-hydrogen) atoms. The lowest BCUT2D eigenvalue weighted by Crippen LogP contribution is -2.44. The van der Waals surface area contributed by atoms with Gasteiger partial charge in [-0.2, -0.15) is 0 Å². The van der Waals surface area contributed by atoms with Crippen molar-refractivity contribution < 1.29 is 4.79 Å². The fourth-order valence-electron chi connectivity index (χ4n) is 1.30. The van der Waals surface area contributed by atoms with Gasteiger partial charge in [-0.1, -0.05) is 0 Å². The van der Waals surface area contributed by atoms with Crippen molar-refractivity contribution in [3.8, 4) is 0 Å². The van der Waals surface area contributed by atoms with Crippen LogP contribution in [0.25, 0.3) is 0 Å². The second kappa shape index (κ2) is 4.84. The Morgan fingerprint density at radius 3 is 3.00 bits per heavy atom. The van der Waals surface area contributed by atoms with Crippen molar-refractivity contribution in [3.05, 3.63) is 0 Å². The summed E-state index contributed by atoms with van der Waals surface area (Å²) in [6.45, 7) is 5.34. The zero-order valence-electron chi connectivity index (χ0n) is 8.26. The molecule has 0 aromatic rings. The standard InChI is InChI=1S/C9H17N3O/c1-3-10-9(13)7(2)12-8-5-4-6-11-8/h7H,3-6H2,1-2H3,(H,10,13)(H,11,12). The Morgan fingerprint density at radius 2 is 2.46 bits per heavy atom. The van der Waals surface area contributed by atoms with Gasteiger partial charge in [0.05, 0.1) is 5.84 Å². The highest BCUT2D eigenvalue weighted by molar-refractivity contribution is 5.90. The number of hydrogen-bond acceptors (Lipinski definition) is 3. The highest BCUT2D eigenvalue weighted by Crippen LogP contribution is 2.01. The van der Waals surface area contributed by atoms with Crippen molar-refractivity contribution in [2.24, 2.45) is 4.99 Å². The summed E-state index contributed by atoms with van der Waals surface area (Å²) >= 11 is 0. The molecule has 1 rings (SSSR count). The van der Waals surface area contributed by atoms with E-state index in [0.29, 0.717) is 6.54 Å². The molecular weight excluding hydrogens is 166 g/mol. The number of aliphatic imine (C=N–C) groups is 1. The smallest absolute Gasteiger partial charge is 0.242 e. The maximum Gasteiger partial charge on any atom is 0.242 e. The Balaban J connectivity index is 2.31. The van der Waals surface area contributed by atoms with Crippen LogP contribution in [0, 0.1) is 0 Å². The number of amidine groups is 1. The molecule has 1 unspecified atom stereocenters. The number of rotatable bonds is 3. The van der Waals surface area contributed by atoms with Gasteiger partial charge in [-0.3, -0.25) is 9.79 Å². The molecule has 0 fully saturated rings. The van der Waals surface area contributed by atoms with Crippen molar-refractivity contribution in [2.45, 2.75) is 32.7 Å². The zero-order valence-corrected chi connectivity index (χ0v) is 8.26. The third-order valence-corrected chi connectivity index (χ3v) is 2.00. The number of carbonyl (C=O) groups is 1. The normalized spacial score (nSPS) is 17.8. The maximum atomic E-state index is 11.3. The van der Waals surface area contributed by atoms with E-state index in [-0.39, 0.29) is 11.9 Å². The minimum atomic E-state index is -0.170. The molecule has 1 aliphatic rings. The first-order valence-electron chi connectivity index (χ1n) is 4.81. The average Bonchev–Trinajstić information content (AvgIpc) is 2.57. The molecule has 74 valence electrons.